The molecule has 1 aliphatic carbocycles. The summed E-state index contributed by atoms with van der Waals surface area (Å²) in [5.41, 5.74) is 14.6. The van der Waals surface area contributed by atoms with Crippen molar-refractivity contribution >= 4 is 54.0 Å². The van der Waals surface area contributed by atoms with E-state index in [-0.39, 0.29) is 5.92 Å². The van der Waals surface area contributed by atoms with Crippen molar-refractivity contribution in [3.05, 3.63) is 239 Å². The summed E-state index contributed by atoms with van der Waals surface area (Å²) in [4.78, 5) is 2.68. The third kappa shape index (κ3) is 5.08. The molecule has 1 aromatic heterocycles. The summed E-state index contributed by atoms with van der Waals surface area (Å²) < 4.78 is 2.70. The van der Waals surface area contributed by atoms with Gasteiger partial charge < -0.3 is 0 Å². The predicted octanol–water partition coefficient (Wildman–Crippen LogP) is 15.5. The highest BCUT2D eigenvalue weighted by Crippen LogP contribution is 2.63. The first-order valence-corrected chi connectivity index (χ1v) is 22.0. The lowest BCUT2D eigenvalue weighted by Crippen LogP contribution is -2.32. The molecule has 58 heavy (non-hydrogen) atoms. The zero-order valence-electron chi connectivity index (χ0n) is 31.9. The van der Waals surface area contributed by atoms with Gasteiger partial charge in [0.2, 0.25) is 0 Å². The van der Waals surface area contributed by atoms with Crippen LogP contribution >= 0.6 is 23.1 Å². The Hall–Kier alpha value is -6.19. The molecule has 9 aromatic carbocycles. The summed E-state index contributed by atoms with van der Waals surface area (Å²) in [5.74, 6) is 0.204. The van der Waals surface area contributed by atoms with Crippen LogP contribution in [0.4, 0.5) is 0 Å². The SMILES string of the molecule is c1ccc(-c2ccccc2[C@@H](CCc2ccc3c(c2)C2(c4ccccc4Sc4ccccc42)c2c-3ccc3ccccc23)c2ccc3sc4ccccc4c3c2)cc1. The van der Waals surface area contributed by atoms with Gasteiger partial charge in [-0.05, 0) is 115 Å². The monoisotopic (exact) mass is 774 g/mol. The first kappa shape index (κ1) is 33.9. The molecule has 0 N–H and O–H groups in total. The zero-order valence-corrected chi connectivity index (χ0v) is 33.5. The topological polar surface area (TPSA) is 0 Å². The molecule has 274 valence electrons. The molecular formula is C56H38S2. The van der Waals surface area contributed by atoms with Crippen molar-refractivity contribution in [3.63, 3.8) is 0 Å². The molecule has 0 unspecified atom stereocenters. The fourth-order valence-corrected chi connectivity index (χ4v) is 12.6. The van der Waals surface area contributed by atoms with E-state index in [9.17, 15) is 0 Å². The first-order chi connectivity index (χ1) is 28.8. The molecule has 0 radical (unpaired) electrons. The Morgan fingerprint density at radius 1 is 0.448 bits per heavy atom. The largest absolute Gasteiger partial charge is 0.135 e. The molecule has 12 rings (SSSR count). The van der Waals surface area contributed by atoms with Crippen LogP contribution in [0.15, 0.2) is 210 Å². The maximum atomic E-state index is 2.59. The van der Waals surface area contributed by atoms with E-state index in [0.29, 0.717) is 0 Å². The van der Waals surface area contributed by atoms with Crippen LogP contribution in [-0.2, 0) is 11.8 Å². The van der Waals surface area contributed by atoms with Crippen LogP contribution in [-0.4, -0.2) is 0 Å². The molecule has 2 heterocycles. The second-order valence-corrected chi connectivity index (χ2v) is 18.0. The van der Waals surface area contributed by atoms with Crippen LogP contribution < -0.4 is 0 Å². The number of hydrogen-bond donors (Lipinski definition) is 0. The molecule has 2 heteroatoms. The number of fused-ring (bicyclic) bond motifs is 14. The maximum absolute atomic E-state index is 2.59. The van der Waals surface area contributed by atoms with Gasteiger partial charge in [0.1, 0.15) is 0 Å². The van der Waals surface area contributed by atoms with E-state index in [0.717, 1.165) is 12.8 Å². The van der Waals surface area contributed by atoms with E-state index >= 15 is 0 Å². The van der Waals surface area contributed by atoms with Crippen molar-refractivity contribution in [3.8, 4) is 22.3 Å². The molecule has 0 saturated carbocycles. The van der Waals surface area contributed by atoms with Gasteiger partial charge in [-0.15, -0.1) is 11.3 Å². The summed E-state index contributed by atoms with van der Waals surface area (Å²) in [6.45, 7) is 0. The summed E-state index contributed by atoms with van der Waals surface area (Å²) in [6.07, 6.45) is 1.94. The molecule has 2 aliphatic rings. The van der Waals surface area contributed by atoms with Gasteiger partial charge in [-0.3, -0.25) is 0 Å². The number of rotatable bonds is 6. The maximum Gasteiger partial charge on any atom is 0.0741 e. The van der Waals surface area contributed by atoms with Gasteiger partial charge >= 0.3 is 0 Å². The fourth-order valence-electron chi connectivity index (χ4n) is 10.3. The van der Waals surface area contributed by atoms with Crippen molar-refractivity contribution in [2.75, 3.05) is 0 Å². The van der Waals surface area contributed by atoms with Gasteiger partial charge in [-0.2, -0.15) is 0 Å². The Morgan fingerprint density at radius 3 is 1.97 bits per heavy atom. The van der Waals surface area contributed by atoms with Gasteiger partial charge in [0.25, 0.3) is 0 Å². The third-order valence-electron chi connectivity index (χ3n) is 12.8. The molecule has 10 aromatic rings. The Morgan fingerprint density at radius 2 is 1.12 bits per heavy atom. The van der Waals surface area contributed by atoms with Crippen molar-refractivity contribution in [1.29, 1.82) is 0 Å². The molecule has 1 spiro atoms. The van der Waals surface area contributed by atoms with E-state index < -0.39 is 5.41 Å². The van der Waals surface area contributed by atoms with Crippen molar-refractivity contribution in [2.45, 2.75) is 34.0 Å². The smallest absolute Gasteiger partial charge is 0.0741 e. The van der Waals surface area contributed by atoms with Crippen molar-refractivity contribution in [1.82, 2.24) is 0 Å². The average molecular weight is 775 g/mol. The van der Waals surface area contributed by atoms with E-state index in [4.69, 9.17) is 0 Å². The molecule has 0 nitrogen and oxygen atoms in total. The van der Waals surface area contributed by atoms with Gasteiger partial charge in [-0.1, -0.05) is 182 Å². The van der Waals surface area contributed by atoms with Crippen molar-refractivity contribution < 1.29 is 0 Å². The Balaban J connectivity index is 1.04. The molecule has 0 bridgehead atoms. The van der Waals surface area contributed by atoms with E-state index in [1.54, 1.807) is 0 Å². The molecule has 0 amide bonds. The van der Waals surface area contributed by atoms with Crippen LogP contribution in [0.25, 0.3) is 53.2 Å². The number of hydrogen-bond acceptors (Lipinski definition) is 2. The van der Waals surface area contributed by atoms with Crippen LogP contribution in [0, 0.1) is 0 Å². The minimum absolute atomic E-state index is 0.204. The normalized spacial score (nSPS) is 14.0. The zero-order chi connectivity index (χ0) is 38.2. The summed E-state index contributed by atoms with van der Waals surface area (Å²) in [7, 11) is 0. The summed E-state index contributed by atoms with van der Waals surface area (Å²) >= 11 is 3.81. The Kier molecular flexibility index (Phi) is 7.86. The molecule has 0 saturated heterocycles. The summed E-state index contributed by atoms with van der Waals surface area (Å²) in [5, 5.41) is 5.33. The molecule has 1 aliphatic heterocycles. The second kappa shape index (κ2) is 13.5. The predicted molar refractivity (Wildman–Crippen MR) is 247 cm³/mol. The van der Waals surface area contributed by atoms with E-state index in [1.807, 2.05) is 23.1 Å². The highest BCUT2D eigenvalue weighted by Gasteiger charge is 2.51. The fraction of sp³-hybridized carbons (Fsp3) is 0.0714. The van der Waals surface area contributed by atoms with Gasteiger partial charge in [0.15, 0.2) is 0 Å². The van der Waals surface area contributed by atoms with Gasteiger partial charge in [-0.25, -0.2) is 0 Å². The number of benzene rings is 9. The Bertz CT molecular complexity index is 3180. The highest BCUT2D eigenvalue weighted by molar-refractivity contribution is 7.99. The number of aryl methyl sites for hydroxylation is 1. The van der Waals surface area contributed by atoms with Crippen LogP contribution in [0.3, 0.4) is 0 Å². The van der Waals surface area contributed by atoms with E-state index in [1.165, 1.54) is 102 Å². The minimum Gasteiger partial charge on any atom is -0.135 e. The number of thiophene rings is 1. The highest BCUT2D eigenvalue weighted by atomic mass is 32.2. The lowest BCUT2D eigenvalue weighted by atomic mass is 9.66. The first-order valence-electron chi connectivity index (χ1n) is 20.3. The lowest BCUT2D eigenvalue weighted by molar-refractivity contribution is 0.707. The third-order valence-corrected chi connectivity index (χ3v) is 15.1. The van der Waals surface area contributed by atoms with E-state index in [2.05, 4.69) is 200 Å². The minimum atomic E-state index is -0.426. The van der Waals surface area contributed by atoms with Crippen LogP contribution in [0.2, 0.25) is 0 Å². The summed E-state index contributed by atoms with van der Waals surface area (Å²) in [6, 6.07) is 75.7. The molecule has 1 atom stereocenters. The lowest BCUT2D eigenvalue weighted by Gasteiger charge is -2.40. The van der Waals surface area contributed by atoms with Crippen LogP contribution in [0.1, 0.15) is 51.3 Å². The average Bonchev–Trinajstić information content (AvgIpc) is 3.80. The second-order valence-electron chi connectivity index (χ2n) is 15.8. The quantitative estimate of drug-likeness (QED) is 0.162. The van der Waals surface area contributed by atoms with Crippen LogP contribution in [0.5, 0.6) is 0 Å². The molecule has 0 fully saturated rings. The van der Waals surface area contributed by atoms with Crippen molar-refractivity contribution in [2.24, 2.45) is 0 Å². The van der Waals surface area contributed by atoms with Gasteiger partial charge in [0.05, 0.1) is 5.41 Å². The van der Waals surface area contributed by atoms with Gasteiger partial charge in [0, 0.05) is 35.9 Å². The molecular weight excluding hydrogens is 737 g/mol. The standard InChI is InChI=1S/C56H38S2/c1-2-14-37(15-3-1)40-17-6-7-19-43(40)41(39-29-33-52-47(35-39)45-20-8-11-23-51(45)57-52)30-26-36-27-31-44-46-32-28-38-16-4-5-18-42(38)55(46)56(50(44)34-36)48-21-9-12-24-53(48)58-54-25-13-10-22-49(54)56/h1-25,27-29,31-35,41H,26,30H2/t41-/m0/s1. The Labute approximate surface area is 347 Å².